The zero-order valence-electron chi connectivity index (χ0n) is 18.2. The van der Waals surface area contributed by atoms with E-state index in [0.29, 0.717) is 12.0 Å². The first-order valence-corrected chi connectivity index (χ1v) is 10.9. The molecule has 3 amide bonds. The molecule has 0 saturated carbocycles. The minimum Gasteiger partial charge on any atom is -0.480 e. The van der Waals surface area contributed by atoms with E-state index in [1.807, 2.05) is 6.92 Å². The summed E-state index contributed by atoms with van der Waals surface area (Å²) < 4.78 is 0. The van der Waals surface area contributed by atoms with Crippen LogP contribution in [0, 0.1) is 5.92 Å². The summed E-state index contributed by atoms with van der Waals surface area (Å²) in [6.45, 7) is 2.95. The summed E-state index contributed by atoms with van der Waals surface area (Å²) in [6.07, 6.45) is 0.718. The number of carbonyl (C=O) groups is 4. The van der Waals surface area contributed by atoms with Crippen LogP contribution in [0.25, 0.3) is 0 Å². The molecule has 0 bridgehead atoms. The molecule has 178 valence electrons. The van der Waals surface area contributed by atoms with Crippen LogP contribution in [0.1, 0.15) is 25.8 Å². The van der Waals surface area contributed by atoms with Gasteiger partial charge in [0, 0.05) is 12.2 Å². The van der Waals surface area contributed by atoms with Crippen molar-refractivity contribution in [3.63, 3.8) is 0 Å². The van der Waals surface area contributed by atoms with E-state index in [1.165, 1.54) is 0 Å². The third-order valence-electron chi connectivity index (χ3n) is 5.09. The minimum absolute atomic E-state index is 0.0653. The zero-order chi connectivity index (χ0) is 24.3. The van der Waals surface area contributed by atoms with Gasteiger partial charge in [0.1, 0.15) is 18.1 Å². The Morgan fingerprint density at radius 2 is 1.50 bits per heavy atom. The van der Waals surface area contributed by atoms with Gasteiger partial charge in [-0.2, -0.15) is 12.6 Å². The quantitative estimate of drug-likeness (QED) is 0.183. The van der Waals surface area contributed by atoms with Crippen LogP contribution in [-0.4, -0.2) is 70.4 Å². The van der Waals surface area contributed by atoms with E-state index in [9.17, 15) is 29.4 Å². The fourth-order valence-corrected chi connectivity index (χ4v) is 3.01. The van der Waals surface area contributed by atoms with E-state index in [-0.39, 0.29) is 18.1 Å². The van der Waals surface area contributed by atoms with Crippen LogP contribution < -0.4 is 21.7 Å². The number of aliphatic carboxylic acids is 1. The van der Waals surface area contributed by atoms with Gasteiger partial charge in [-0.25, -0.2) is 4.79 Å². The van der Waals surface area contributed by atoms with Crippen molar-refractivity contribution in [1.29, 1.82) is 0 Å². The van der Waals surface area contributed by atoms with E-state index in [4.69, 9.17) is 5.73 Å². The van der Waals surface area contributed by atoms with Gasteiger partial charge in [0.2, 0.25) is 17.7 Å². The molecule has 5 unspecified atom stereocenters. The first-order chi connectivity index (χ1) is 15.1. The lowest BCUT2D eigenvalue weighted by Gasteiger charge is -2.25. The third kappa shape index (κ3) is 8.48. The Kier molecular flexibility index (Phi) is 11.7. The molecule has 11 heteroatoms. The molecule has 0 fully saturated rings. The van der Waals surface area contributed by atoms with Gasteiger partial charge in [-0.1, -0.05) is 50.6 Å². The number of amides is 3. The summed E-state index contributed by atoms with van der Waals surface area (Å²) in [4.78, 5) is 49.0. The summed E-state index contributed by atoms with van der Waals surface area (Å²) in [7, 11) is 0. The lowest BCUT2D eigenvalue weighted by molar-refractivity contribution is -0.141. The van der Waals surface area contributed by atoms with Gasteiger partial charge < -0.3 is 31.9 Å². The summed E-state index contributed by atoms with van der Waals surface area (Å²) in [5.41, 5.74) is 6.59. The van der Waals surface area contributed by atoms with Crippen molar-refractivity contribution in [2.24, 2.45) is 11.7 Å². The Morgan fingerprint density at radius 3 is 2.00 bits per heavy atom. The number of hydrogen-bond acceptors (Lipinski definition) is 7. The molecule has 0 heterocycles. The van der Waals surface area contributed by atoms with Crippen molar-refractivity contribution in [3.05, 3.63) is 35.9 Å². The highest BCUT2D eigenvalue weighted by atomic mass is 32.1. The molecule has 1 aromatic rings. The van der Waals surface area contributed by atoms with Gasteiger partial charge in [-0.3, -0.25) is 14.4 Å². The fraction of sp³-hybridized carbons (Fsp3) is 0.524. The Morgan fingerprint density at radius 1 is 0.969 bits per heavy atom. The number of nitrogens with two attached hydrogens (primary N) is 1. The summed E-state index contributed by atoms with van der Waals surface area (Å²) in [5, 5.41) is 26.0. The summed E-state index contributed by atoms with van der Waals surface area (Å²) in [5.74, 6) is -3.68. The largest absolute Gasteiger partial charge is 0.480 e. The second kappa shape index (κ2) is 13.7. The lowest BCUT2D eigenvalue weighted by Crippen LogP contribution is -2.59. The Hall–Kier alpha value is -2.63. The van der Waals surface area contributed by atoms with Crippen molar-refractivity contribution in [2.75, 3.05) is 12.4 Å². The number of rotatable bonds is 13. The van der Waals surface area contributed by atoms with Gasteiger partial charge in [0.25, 0.3) is 0 Å². The highest BCUT2D eigenvalue weighted by molar-refractivity contribution is 7.80. The molecule has 0 aliphatic rings. The van der Waals surface area contributed by atoms with E-state index < -0.39 is 54.5 Å². The number of carboxylic acid groups (broad SMARTS) is 1. The Labute approximate surface area is 192 Å². The second-order valence-electron chi connectivity index (χ2n) is 7.49. The Bertz CT molecular complexity index is 779. The molecule has 0 aliphatic carbocycles. The third-order valence-corrected chi connectivity index (χ3v) is 5.45. The molecule has 0 aliphatic heterocycles. The summed E-state index contributed by atoms with van der Waals surface area (Å²) >= 11 is 3.92. The van der Waals surface area contributed by atoms with Crippen LogP contribution in [0.3, 0.4) is 0 Å². The van der Waals surface area contributed by atoms with Crippen molar-refractivity contribution < 1.29 is 29.4 Å². The standard InChI is InChI=1S/C21H32N4O6S/c1-3-12(2)17(22)20(29)24-15(10-26)19(28)23-14(9-13-7-5-4-6-8-13)18(27)25-16(11-32)21(30)31/h4-8,12,14-17,26,32H,3,9-11,22H2,1-2H3,(H,23,28)(H,24,29)(H,25,27)(H,30,31). The fourth-order valence-electron chi connectivity index (χ4n) is 2.76. The van der Waals surface area contributed by atoms with Crippen molar-refractivity contribution >= 4 is 36.3 Å². The normalized spacial score (nSPS) is 15.5. The number of nitrogens with one attached hydrogen (secondary N) is 3. The van der Waals surface area contributed by atoms with E-state index in [2.05, 4.69) is 28.6 Å². The SMILES string of the molecule is CCC(C)C(N)C(=O)NC(CO)C(=O)NC(Cc1ccccc1)C(=O)NC(CS)C(=O)O. The number of carbonyl (C=O) groups excluding carboxylic acids is 3. The molecule has 0 aromatic heterocycles. The molecule has 1 aromatic carbocycles. The van der Waals surface area contributed by atoms with Crippen LogP contribution in [0.4, 0.5) is 0 Å². The molecule has 0 spiro atoms. The van der Waals surface area contributed by atoms with Crippen molar-refractivity contribution in [3.8, 4) is 0 Å². The van der Waals surface area contributed by atoms with E-state index >= 15 is 0 Å². The molecule has 0 radical (unpaired) electrons. The molecule has 5 atom stereocenters. The van der Waals surface area contributed by atoms with Gasteiger partial charge >= 0.3 is 5.97 Å². The smallest absolute Gasteiger partial charge is 0.327 e. The van der Waals surface area contributed by atoms with Gasteiger partial charge in [-0.05, 0) is 11.5 Å². The van der Waals surface area contributed by atoms with Crippen molar-refractivity contribution in [1.82, 2.24) is 16.0 Å². The average molecular weight is 469 g/mol. The highest BCUT2D eigenvalue weighted by Crippen LogP contribution is 2.07. The maximum atomic E-state index is 12.7. The molecule has 32 heavy (non-hydrogen) atoms. The highest BCUT2D eigenvalue weighted by Gasteiger charge is 2.30. The predicted octanol–water partition coefficient (Wildman–Crippen LogP) is -0.936. The molecule has 0 saturated heterocycles. The number of hydrogen-bond donors (Lipinski definition) is 7. The first kappa shape index (κ1) is 27.4. The molecular weight excluding hydrogens is 436 g/mol. The van der Waals surface area contributed by atoms with Gasteiger partial charge in [0.15, 0.2) is 0 Å². The first-order valence-electron chi connectivity index (χ1n) is 10.3. The van der Waals surface area contributed by atoms with Gasteiger partial charge in [0.05, 0.1) is 12.6 Å². The van der Waals surface area contributed by atoms with Crippen LogP contribution in [-0.2, 0) is 25.6 Å². The van der Waals surface area contributed by atoms with E-state index in [1.54, 1.807) is 37.3 Å². The topological polar surface area (TPSA) is 171 Å². The number of thiol groups is 1. The number of aliphatic hydroxyl groups is 1. The molecular formula is C21H32N4O6S. The summed E-state index contributed by atoms with van der Waals surface area (Å²) in [6, 6.07) is 4.20. The predicted molar refractivity (Wildman–Crippen MR) is 122 cm³/mol. The monoisotopic (exact) mass is 468 g/mol. The minimum atomic E-state index is -1.33. The van der Waals surface area contributed by atoms with Crippen LogP contribution >= 0.6 is 12.6 Å². The number of carboxylic acids is 1. The molecule has 10 nitrogen and oxygen atoms in total. The lowest BCUT2D eigenvalue weighted by atomic mass is 9.99. The van der Waals surface area contributed by atoms with Crippen LogP contribution in [0.15, 0.2) is 30.3 Å². The maximum absolute atomic E-state index is 12.7. The van der Waals surface area contributed by atoms with Crippen LogP contribution in [0.2, 0.25) is 0 Å². The average Bonchev–Trinajstić information content (AvgIpc) is 2.79. The van der Waals surface area contributed by atoms with Crippen molar-refractivity contribution in [2.45, 2.75) is 50.9 Å². The maximum Gasteiger partial charge on any atom is 0.327 e. The zero-order valence-corrected chi connectivity index (χ0v) is 19.0. The Balaban J connectivity index is 2.97. The van der Waals surface area contributed by atoms with E-state index in [0.717, 1.165) is 0 Å². The molecule has 7 N–H and O–H groups in total. The number of benzene rings is 1. The van der Waals surface area contributed by atoms with Crippen LogP contribution in [0.5, 0.6) is 0 Å². The second-order valence-corrected chi connectivity index (χ2v) is 7.85. The molecule has 1 rings (SSSR count). The number of aliphatic hydroxyl groups excluding tert-OH is 1. The van der Waals surface area contributed by atoms with Gasteiger partial charge in [-0.15, -0.1) is 0 Å².